The van der Waals surface area contributed by atoms with E-state index in [0.29, 0.717) is 6.04 Å². The van der Waals surface area contributed by atoms with Gasteiger partial charge in [0, 0.05) is 12.6 Å². The highest BCUT2D eigenvalue weighted by Gasteiger charge is 2.13. The van der Waals surface area contributed by atoms with Crippen LogP contribution in [-0.4, -0.2) is 37.1 Å². The molecule has 1 aliphatic heterocycles. The maximum Gasteiger partial charge on any atom is 0.0166 e. The van der Waals surface area contributed by atoms with Crippen molar-refractivity contribution in [1.82, 2.24) is 10.2 Å². The van der Waals surface area contributed by atoms with Crippen LogP contribution in [0.3, 0.4) is 0 Å². The lowest BCUT2D eigenvalue weighted by atomic mass is 10.1. The lowest BCUT2D eigenvalue weighted by Crippen LogP contribution is -2.38. The van der Waals surface area contributed by atoms with Crippen LogP contribution in [0.2, 0.25) is 0 Å². The van der Waals surface area contributed by atoms with Crippen LogP contribution in [0.1, 0.15) is 31.7 Å². The second kappa shape index (κ2) is 7.55. The molecule has 1 aromatic carbocycles. The second-order valence-electron chi connectivity index (χ2n) is 5.45. The Labute approximate surface area is 111 Å². The molecular weight excluding hydrogens is 220 g/mol. The lowest BCUT2D eigenvalue weighted by molar-refractivity contribution is 0.299. The summed E-state index contributed by atoms with van der Waals surface area (Å²) >= 11 is 0. The molecule has 2 rings (SSSR count). The maximum absolute atomic E-state index is 3.64. The van der Waals surface area contributed by atoms with E-state index < -0.39 is 0 Å². The highest BCUT2D eigenvalue weighted by atomic mass is 15.2. The fraction of sp³-hybridized carbons (Fsp3) is 0.625. The van der Waals surface area contributed by atoms with Gasteiger partial charge in [0.05, 0.1) is 0 Å². The number of aryl methyl sites for hydroxylation is 1. The van der Waals surface area contributed by atoms with E-state index in [4.69, 9.17) is 0 Å². The van der Waals surface area contributed by atoms with Gasteiger partial charge in [-0.15, -0.1) is 0 Å². The number of nitrogens with zero attached hydrogens (tertiary/aromatic N) is 1. The van der Waals surface area contributed by atoms with Crippen molar-refractivity contribution in [1.29, 1.82) is 0 Å². The summed E-state index contributed by atoms with van der Waals surface area (Å²) in [7, 11) is 0. The first-order chi connectivity index (χ1) is 8.84. The lowest BCUT2D eigenvalue weighted by Gasteiger charge is -2.21. The van der Waals surface area contributed by atoms with E-state index in [1.54, 1.807) is 0 Å². The number of likely N-dealkylation sites (tertiary alicyclic amines) is 1. The zero-order valence-electron chi connectivity index (χ0n) is 11.6. The predicted molar refractivity (Wildman–Crippen MR) is 77.9 cm³/mol. The zero-order valence-corrected chi connectivity index (χ0v) is 11.6. The van der Waals surface area contributed by atoms with Crippen molar-refractivity contribution in [3.8, 4) is 0 Å². The first kappa shape index (κ1) is 13.6. The van der Waals surface area contributed by atoms with Crippen molar-refractivity contribution in [2.75, 3.05) is 26.2 Å². The van der Waals surface area contributed by atoms with Crippen molar-refractivity contribution < 1.29 is 0 Å². The van der Waals surface area contributed by atoms with Gasteiger partial charge in [-0.25, -0.2) is 0 Å². The van der Waals surface area contributed by atoms with Gasteiger partial charge in [-0.1, -0.05) is 30.3 Å². The fourth-order valence-corrected chi connectivity index (χ4v) is 2.70. The summed E-state index contributed by atoms with van der Waals surface area (Å²) in [5.41, 5.74) is 1.45. The molecule has 0 aliphatic carbocycles. The van der Waals surface area contributed by atoms with Gasteiger partial charge in [-0.2, -0.15) is 0 Å². The molecule has 1 heterocycles. The molecule has 2 heteroatoms. The Morgan fingerprint density at radius 2 is 1.89 bits per heavy atom. The van der Waals surface area contributed by atoms with Crippen LogP contribution in [0, 0.1) is 0 Å². The van der Waals surface area contributed by atoms with Gasteiger partial charge in [0.2, 0.25) is 0 Å². The van der Waals surface area contributed by atoms with Gasteiger partial charge >= 0.3 is 0 Å². The van der Waals surface area contributed by atoms with E-state index in [9.17, 15) is 0 Å². The summed E-state index contributed by atoms with van der Waals surface area (Å²) < 4.78 is 0. The SMILES string of the molecule is CC(CN1CCCC1)NCCCc1ccccc1. The molecule has 1 saturated heterocycles. The normalized spacial score (nSPS) is 18.1. The number of benzene rings is 1. The Kier molecular flexibility index (Phi) is 5.69. The second-order valence-corrected chi connectivity index (χ2v) is 5.45. The quantitative estimate of drug-likeness (QED) is 0.744. The molecule has 2 nitrogen and oxygen atoms in total. The van der Waals surface area contributed by atoms with Crippen LogP contribution in [0.5, 0.6) is 0 Å². The summed E-state index contributed by atoms with van der Waals surface area (Å²) in [6.45, 7) is 7.25. The van der Waals surface area contributed by atoms with E-state index in [0.717, 1.165) is 6.54 Å². The van der Waals surface area contributed by atoms with E-state index in [1.165, 1.54) is 50.9 Å². The van der Waals surface area contributed by atoms with Crippen LogP contribution in [0.25, 0.3) is 0 Å². The van der Waals surface area contributed by atoms with Gasteiger partial charge in [0.25, 0.3) is 0 Å². The average Bonchev–Trinajstić information content (AvgIpc) is 2.89. The van der Waals surface area contributed by atoms with Gasteiger partial charge in [-0.05, 0) is 57.8 Å². The molecule has 1 atom stereocenters. The van der Waals surface area contributed by atoms with Crippen molar-refractivity contribution in [2.24, 2.45) is 0 Å². The first-order valence-corrected chi connectivity index (χ1v) is 7.34. The Balaban J connectivity index is 1.54. The number of hydrogen-bond donors (Lipinski definition) is 1. The highest BCUT2D eigenvalue weighted by molar-refractivity contribution is 5.14. The Hall–Kier alpha value is -0.860. The maximum atomic E-state index is 3.64. The van der Waals surface area contributed by atoms with Crippen molar-refractivity contribution in [3.05, 3.63) is 35.9 Å². The number of hydrogen-bond acceptors (Lipinski definition) is 2. The monoisotopic (exact) mass is 246 g/mol. The van der Waals surface area contributed by atoms with E-state index in [2.05, 4.69) is 47.5 Å². The predicted octanol–water partition coefficient (Wildman–Crippen LogP) is 2.69. The molecule has 0 radical (unpaired) electrons. The molecule has 1 N–H and O–H groups in total. The molecule has 100 valence electrons. The molecule has 0 bridgehead atoms. The van der Waals surface area contributed by atoms with Crippen LogP contribution in [-0.2, 0) is 6.42 Å². The number of nitrogens with one attached hydrogen (secondary N) is 1. The molecule has 1 fully saturated rings. The standard InChI is InChI=1S/C16H26N2/c1-15(14-18-12-5-6-13-18)17-11-7-10-16-8-3-2-4-9-16/h2-4,8-9,15,17H,5-7,10-14H2,1H3. The summed E-state index contributed by atoms with van der Waals surface area (Å²) in [4.78, 5) is 2.58. The average molecular weight is 246 g/mol. The van der Waals surface area contributed by atoms with Gasteiger partial charge < -0.3 is 10.2 Å². The summed E-state index contributed by atoms with van der Waals surface area (Å²) in [5.74, 6) is 0. The smallest absolute Gasteiger partial charge is 0.0166 e. The van der Waals surface area contributed by atoms with E-state index in [-0.39, 0.29) is 0 Å². The third kappa shape index (κ3) is 4.79. The van der Waals surface area contributed by atoms with Crippen LogP contribution >= 0.6 is 0 Å². The molecule has 0 amide bonds. The summed E-state index contributed by atoms with van der Waals surface area (Å²) in [5, 5.41) is 3.64. The van der Waals surface area contributed by atoms with Crippen LogP contribution < -0.4 is 5.32 Å². The molecule has 1 aromatic rings. The van der Waals surface area contributed by atoms with Crippen molar-refractivity contribution in [2.45, 2.75) is 38.6 Å². The largest absolute Gasteiger partial charge is 0.313 e. The summed E-state index contributed by atoms with van der Waals surface area (Å²) in [6.07, 6.45) is 5.19. The first-order valence-electron chi connectivity index (χ1n) is 7.34. The Morgan fingerprint density at radius 1 is 1.17 bits per heavy atom. The minimum Gasteiger partial charge on any atom is -0.313 e. The van der Waals surface area contributed by atoms with Gasteiger partial charge in [0.15, 0.2) is 0 Å². The molecule has 0 spiro atoms. The minimum atomic E-state index is 0.624. The molecule has 1 unspecified atom stereocenters. The third-order valence-electron chi connectivity index (χ3n) is 3.71. The van der Waals surface area contributed by atoms with Crippen LogP contribution in [0.4, 0.5) is 0 Å². The van der Waals surface area contributed by atoms with Gasteiger partial charge in [-0.3, -0.25) is 0 Å². The summed E-state index contributed by atoms with van der Waals surface area (Å²) in [6, 6.07) is 11.4. The number of rotatable bonds is 7. The van der Waals surface area contributed by atoms with Crippen molar-refractivity contribution in [3.63, 3.8) is 0 Å². The minimum absolute atomic E-state index is 0.624. The molecule has 1 aliphatic rings. The topological polar surface area (TPSA) is 15.3 Å². The third-order valence-corrected chi connectivity index (χ3v) is 3.71. The van der Waals surface area contributed by atoms with Gasteiger partial charge in [0.1, 0.15) is 0 Å². The fourth-order valence-electron chi connectivity index (χ4n) is 2.70. The van der Waals surface area contributed by atoms with E-state index in [1.807, 2.05) is 0 Å². The van der Waals surface area contributed by atoms with E-state index >= 15 is 0 Å². The molecule has 18 heavy (non-hydrogen) atoms. The molecule has 0 aromatic heterocycles. The Morgan fingerprint density at radius 3 is 2.61 bits per heavy atom. The van der Waals surface area contributed by atoms with Crippen molar-refractivity contribution >= 4 is 0 Å². The van der Waals surface area contributed by atoms with Crippen LogP contribution in [0.15, 0.2) is 30.3 Å². The Bertz CT molecular complexity index is 317. The highest BCUT2D eigenvalue weighted by Crippen LogP contribution is 2.07. The molecular formula is C16H26N2. The zero-order chi connectivity index (χ0) is 12.6. The molecule has 0 saturated carbocycles.